The summed E-state index contributed by atoms with van der Waals surface area (Å²) in [6.07, 6.45) is 1.99. The lowest BCUT2D eigenvalue weighted by atomic mass is 10.0. The molecule has 88 valence electrons. The quantitative estimate of drug-likeness (QED) is 0.698. The van der Waals surface area contributed by atoms with Crippen molar-refractivity contribution in [3.05, 3.63) is 34.4 Å². The molecule has 0 aliphatic carbocycles. The molecule has 0 spiro atoms. The molecule has 3 rings (SSSR count). The van der Waals surface area contributed by atoms with E-state index in [1.807, 2.05) is 18.3 Å². The summed E-state index contributed by atoms with van der Waals surface area (Å²) in [6.45, 7) is 4.29. The maximum atomic E-state index is 11.5. The second kappa shape index (κ2) is 3.26. The van der Waals surface area contributed by atoms with Crippen LogP contribution in [0.3, 0.4) is 0 Å². The zero-order chi connectivity index (χ0) is 12.2. The maximum absolute atomic E-state index is 11.5. The maximum Gasteiger partial charge on any atom is 0.419 e. The molecule has 2 heterocycles. The summed E-state index contributed by atoms with van der Waals surface area (Å²) in [6, 6.07) is 3.97. The van der Waals surface area contributed by atoms with Crippen LogP contribution in [0.15, 0.2) is 27.5 Å². The van der Waals surface area contributed by atoms with E-state index in [9.17, 15) is 4.79 Å². The Morgan fingerprint density at radius 3 is 2.82 bits per heavy atom. The zero-order valence-electron chi connectivity index (χ0n) is 10.1. The van der Waals surface area contributed by atoms with Crippen LogP contribution < -0.4 is 5.76 Å². The van der Waals surface area contributed by atoms with Gasteiger partial charge >= 0.3 is 5.76 Å². The number of hydrogen-bond donors (Lipinski definition) is 1. The van der Waals surface area contributed by atoms with Gasteiger partial charge < -0.3 is 9.40 Å². The van der Waals surface area contributed by atoms with E-state index in [2.05, 4.69) is 18.8 Å². The van der Waals surface area contributed by atoms with E-state index in [1.54, 1.807) is 7.05 Å². The number of oxazole rings is 1. The number of aryl methyl sites for hydroxylation is 1. The van der Waals surface area contributed by atoms with E-state index >= 15 is 0 Å². The second-order valence-corrected chi connectivity index (χ2v) is 4.66. The van der Waals surface area contributed by atoms with Crippen molar-refractivity contribution < 1.29 is 4.42 Å². The SMILES string of the molecule is CC(C)c1c[nH]c2c1ccc1c2oc(=O)n1C. The molecule has 0 unspecified atom stereocenters. The van der Waals surface area contributed by atoms with Gasteiger partial charge in [0.2, 0.25) is 0 Å². The monoisotopic (exact) mass is 230 g/mol. The highest BCUT2D eigenvalue weighted by molar-refractivity contribution is 6.02. The first-order valence-electron chi connectivity index (χ1n) is 5.69. The van der Waals surface area contributed by atoms with Crippen molar-refractivity contribution in [2.75, 3.05) is 0 Å². The molecule has 3 aromatic rings. The number of nitrogens with one attached hydrogen (secondary N) is 1. The molecular formula is C13H14N2O2. The number of nitrogens with zero attached hydrogens (tertiary/aromatic N) is 1. The highest BCUT2D eigenvalue weighted by Gasteiger charge is 2.14. The lowest BCUT2D eigenvalue weighted by molar-refractivity contribution is 0.529. The Balaban J connectivity index is 2.50. The first-order chi connectivity index (χ1) is 8.09. The first-order valence-corrected chi connectivity index (χ1v) is 5.69. The van der Waals surface area contributed by atoms with Gasteiger partial charge in [-0.25, -0.2) is 4.79 Å². The van der Waals surface area contributed by atoms with Gasteiger partial charge in [-0.1, -0.05) is 19.9 Å². The minimum absolute atomic E-state index is 0.326. The van der Waals surface area contributed by atoms with Gasteiger partial charge in [0.15, 0.2) is 5.58 Å². The summed E-state index contributed by atoms with van der Waals surface area (Å²) in [4.78, 5) is 14.7. The van der Waals surface area contributed by atoms with E-state index in [0.717, 1.165) is 16.4 Å². The second-order valence-electron chi connectivity index (χ2n) is 4.66. The molecule has 2 aromatic heterocycles. The summed E-state index contributed by atoms with van der Waals surface area (Å²) >= 11 is 0. The van der Waals surface area contributed by atoms with Gasteiger partial charge in [-0.15, -0.1) is 0 Å². The van der Waals surface area contributed by atoms with Crippen molar-refractivity contribution in [3.8, 4) is 0 Å². The molecule has 1 aromatic carbocycles. The van der Waals surface area contributed by atoms with Gasteiger partial charge in [-0.05, 0) is 17.5 Å². The first kappa shape index (κ1) is 10.2. The molecule has 0 amide bonds. The fourth-order valence-electron chi connectivity index (χ4n) is 2.28. The topological polar surface area (TPSA) is 50.9 Å². The third-order valence-corrected chi connectivity index (χ3v) is 3.27. The molecule has 0 atom stereocenters. The number of benzene rings is 1. The van der Waals surface area contributed by atoms with E-state index < -0.39 is 0 Å². The summed E-state index contributed by atoms with van der Waals surface area (Å²) in [5.74, 6) is 0.116. The van der Waals surface area contributed by atoms with Gasteiger partial charge in [0, 0.05) is 18.6 Å². The molecule has 0 aliphatic heterocycles. The fourth-order valence-corrected chi connectivity index (χ4v) is 2.28. The van der Waals surface area contributed by atoms with Gasteiger partial charge in [-0.2, -0.15) is 0 Å². The Bertz CT molecular complexity index is 759. The minimum atomic E-state index is -0.326. The Morgan fingerprint density at radius 1 is 1.35 bits per heavy atom. The number of H-pyrrole nitrogens is 1. The average Bonchev–Trinajstić information content (AvgIpc) is 2.82. The Morgan fingerprint density at radius 2 is 2.12 bits per heavy atom. The number of rotatable bonds is 1. The number of aromatic nitrogens is 2. The van der Waals surface area contributed by atoms with Crippen LogP contribution in [0.2, 0.25) is 0 Å². The molecule has 4 nitrogen and oxygen atoms in total. The summed E-state index contributed by atoms with van der Waals surface area (Å²) < 4.78 is 6.80. The Kier molecular flexibility index (Phi) is 1.96. The molecule has 1 N–H and O–H groups in total. The van der Waals surface area contributed by atoms with Gasteiger partial charge in [0.1, 0.15) is 0 Å². The summed E-state index contributed by atoms with van der Waals surface area (Å²) in [5.41, 5.74) is 3.61. The summed E-state index contributed by atoms with van der Waals surface area (Å²) in [5, 5.41) is 1.13. The largest absolute Gasteiger partial charge is 0.419 e. The summed E-state index contributed by atoms with van der Waals surface area (Å²) in [7, 11) is 1.71. The van der Waals surface area contributed by atoms with Gasteiger partial charge in [0.25, 0.3) is 0 Å². The third-order valence-electron chi connectivity index (χ3n) is 3.27. The molecule has 0 radical (unpaired) electrons. The fraction of sp³-hybridized carbons (Fsp3) is 0.308. The van der Waals surface area contributed by atoms with Crippen molar-refractivity contribution in [3.63, 3.8) is 0 Å². The smallest absolute Gasteiger partial charge is 0.405 e. The van der Waals surface area contributed by atoms with Crippen LogP contribution in [0, 0.1) is 0 Å². The Hall–Kier alpha value is -1.97. The van der Waals surface area contributed by atoms with E-state index in [-0.39, 0.29) is 5.76 Å². The van der Waals surface area contributed by atoms with Crippen LogP contribution in [0.4, 0.5) is 0 Å². The predicted octanol–water partition coefficient (Wildman–Crippen LogP) is 2.74. The van der Waals surface area contributed by atoms with Crippen LogP contribution in [0.25, 0.3) is 22.0 Å². The Labute approximate surface area is 97.8 Å². The molecule has 0 bridgehead atoms. The average molecular weight is 230 g/mol. The third kappa shape index (κ3) is 1.27. The molecule has 0 saturated carbocycles. The molecule has 17 heavy (non-hydrogen) atoms. The molecule has 0 aliphatic rings. The normalized spacial score (nSPS) is 12.0. The van der Waals surface area contributed by atoms with Gasteiger partial charge in [0.05, 0.1) is 11.0 Å². The highest BCUT2D eigenvalue weighted by atomic mass is 16.4. The van der Waals surface area contributed by atoms with Crippen LogP contribution >= 0.6 is 0 Å². The van der Waals surface area contributed by atoms with Crippen molar-refractivity contribution in [1.82, 2.24) is 9.55 Å². The molecule has 0 saturated heterocycles. The molecule has 4 heteroatoms. The van der Waals surface area contributed by atoms with Crippen molar-refractivity contribution >= 4 is 22.0 Å². The number of hydrogen-bond acceptors (Lipinski definition) is 2. The highest BCUT2D eigenvalue weighted by Crippen LogP contribution is 2.29. The van der Waals surface area contributed by atoms with Crippen LogP contribution in [-0.4, -0.2) is 9.55 Å². The van der Waals surface area contributed by atoms with Crippen molar-refractivity contribution in [1.29, 1.82) is 0 Å². The number of fused-ring (bicyclic) bond motifs is 3. The van der Waals surface area contributed by atoms with Crippen LogP contribution in [-0.2, 0) is 7.05 Å². The lowest BCUT2D eigenvalue weighted by Crippen LogP contribution is -2.08. The lowest BCUT2D eigenvalue weighted by Gasteiger charge is -2.01. The standard InChI is InChI=1S/C13H14N2O2/c1-7(2)9-6-14-11-8(9)4-5-10-12(11)17-13(16)15(10)3/h4-7,14H,1-3H3. The van der Waals surface area contributed by atoms with Gasteiger partial charge in [-0.3, -0.25) is 4.57 Å². The van der Waals surface area contributed by atoms with Crippen LogP contribution in [0.5, 0.6) is 0 Å². The zero-order valence-corrected chi connectivity index (χ0v) is 10.1. The number of aromatic amines is 1. The predicted molar refractivity (Wildman–Crippen MR) is 67.4 cm³/mol. The van der Waals surface area contributed by atoms with E-state index in [1.165, 1.54) is 10.1 Å². The molecular weight excluding hydrogens is 216 g/mol. The van der Waals surface area contributed by atoms with Crippen LogP contribution in [0.1, 0.15) is 25.3 Å². The van der Waals surface area contributed by atoms with E-state index in [4.69, 9.17) is 4.42 Å². The van der Waals surface area contributed by atoms with Crippen molar-refractivity contribution in [2.45, 2.75) is 19.8 Å². The molecule has 0 fully saturated rings. The van der Waals surface area contributed by atoms with E-state index in [0.29, 0.717) is 11.5 Å². The van der Waals surface area contributed by atoms with Crippen molar-refractivity contribution in [2.24, 2.45) is 7.05 Å². The minimum Gasteiger partial charge on any atom is -0.405 e.